The van der Waals surface area contributed by atoms with Gasteiger partial charge in [0.25, 0.3) is 0 Å². The monoisotopic (exact) mass is 189 g/mol. The molecule has 0 rings (SSSR count). The third kappa shape index (κ3) is 6.54. The summed E-state index contributed by atoms with van der Waals surface area (Å²) in [4.78, 5) is 10.9. The highest BCUT2D eigenvalue weighted by Crippen LogP contribution is 1.99. The maximum atomic E-state index is 10.9. The summed E-state index contributed by atoms with van der Waals surface area (Å²) < 4.78 is 4.82. The summed E-state index contributed by atoms with van der Waals surface area (Å²) in [6.45, 7) is 2.17. The van der Waals surface area contributed by atoms with Crippen LogP contribution in [-0.2, 0) is 9.53 Å². The normalized spacial score (nSPS) is 12.5. The van der Waals surface area contributed by atoms with Crippen LogP contribution in [-0.4, -0.2) is 30.3 Å². The first-order valence-electron chi connectivity index (χ1n) is 4.75. The molecule has 3 N–H and O–H groups in total. The van der Waals surface area contributed by atoms with Crippen molar-refractivity contribution in [2.45, 2.75) is 38.6 Å². The Bertz CT molecular complexity index is 139. The SMILES string of the molecule is CCCCCCOC(=O)[C@H](N)CO. The lowest BCUT2D eigenvalue weighted by atomic mass is 10.2. The molecular weight excluding hydrogens is 170 g/mol. The molecule has 0 heterocycles. The molecule has 0 aliphatic carbocycles. The summed E-state index contributed by atoms with van der Waals surface area (Å²) in [5.74, 6) is -0.515. The van der Waals surface area contributed by atoms with E-state index in [1.54, 1.807) is 0 Å². The van der Waals surface area contributed by atoms with E-state index in [2.05, 4.69) is 6.92 Å². The van der Waals surface area contributed by atoms with Gasteiger partial charge in [0.05, 0.1) is 13.2 Å². The Kier molecular flexibility index (Phi) is 7.63. The van der Waals surface area contributed by atoms with E-state index < -0.39 is 12.0 Å². The summed E-state index contributed by atoms with van der Waals surface area (Å²) in [6, 6.07) is -0.883. The lowest BCUT2D eigenvalue weighted by Crippen LogP contribution is -2.35. The van der Waals surface area contributed by atoms with Crippen molar-refractivity contribution in [1.29, 1.82) is 0 Å². The Morgan fingerprint density at radius 3 is 2.69 bits per heavy atom. The van der Waals surface area contributed by atoms with Gasteiger partial charge in [0.15, 0.2) is 0 Å². The maximum Gasteiger partial charge on any atom is 0.325 e. The number of ether oxygens (including phenoxy) is 1. The molecule has 78 valence electrons. The van der Waals surface area contributed by atoms with E-state index in [1.165, 1.54) is 0 Å². The number of carbonyl (C=O) groups is 1. The number of hydrogen-bond donors (Lipinski definition) is 2. The number of aliphatic hydroxyl groups is 1. The van der Waals surface area contributed by atoms with Gasteiger partial charge < -0.3 is 15.6 Å². The molecule has 0 aromatic carbocycles. The van der Waals surface area contributed by atoms with Crippen molar-refractivity contribution in [2.75, 3.05) is 13.2 Å². The van der Waals surface area contributed by atoms with Crippen LogP contribution in [0, 0.1) is 0 Å². The molecule has 0 spiro atoms. The topological polar surface area (TPSA) is 72.5 Å². The van der Waals surface area contributed by atoms with Crippen molar-refractivity contribution < 1.29 is 14.6 Å². The van der Waals surface area contributed by atoms with Crippen LogP contribution in [0.15, 0.2) is 0 Å². The predicted octanol–water partition coefficient (Wildman–Crippen LogP) is 0.430. The van der Waals surface area contributed by atoms with Crippen molar-refractivity contribution >= 4 is 5.97 Å². The maximum absolute atomic E-state index is 10.9. The van der Waals surface area contributed by atoms with Crippen LogP contribution >= 0.6 is 0 Å². The second kappa shape index (κ2) is 8.01. The van der Waals surface area contributed by atoms with Crippen LogP contribution in [0.1, 0.15) is 32.6 Å². The van der Waals surface area contributed by atoms with E-state index in [1.807, 2.05) is 0 Å². The Morgan fingerprint density at radius 2 is 2.15 bits per heavy atom. The third-order valence-corrected chi connectivity index (χ3v) is 1.74. The molecule has 0 unspecified atom stereocenters. The fourth-order valence-corrected chi connectivity index (χ4v) is 0.883. The highest BCUT2D eigenvalue weighted by atomic mass is 16.5. The zero-order valence-corrected chi connectivity index (χ0v) is 8.16. The van der Waals surface area contributed by atoms with Crippen molar-refractivity contribution in [2.24, 2.45) is 5.73 Å². The van der Waals surface area contributed by atoms with Gasteiger partial charge in [0.1, 0.15) is 6.04 Å². The Balaban J connectivity index is 3.27. The highest BCUT2D eigenvalue weighted by molar-refractivity contribution is 5.75. The van der Waals surface area contributed by atoms with Crippen molar-refractivity contribution in [3.8, 4) is 0 Å². The molecule has 0 radical (unpaired) electrons. The number of rotatable bonds is 7. The molecule has 4 nitrogen and oxygen atoms in total. The van der Waals surface area contributed by atoms with Crippen LogP contribution in [0.4, 0.5) is 0 Å². The van der Waals surface area contributed by atoms with Gasteiger partial charge in [-0.25, -0.2) is 0 Å². The molecule has 0 saturated heterocycles. The minimum atomic E-state index is -0.883. The number of nitrogens with two attached hydrogens (primary N) is 1. The van der Waals surface area contributed by atoms with Gasteiger partial charge in [0.2, 0.25) is 0 Å². The zero-order chi connectivity index (χ0) is 10.1. The number of unbranched alkanes of at least 4 members (excludes halogenated alkanes) is 3. The number of carbonyl (C=O) groups excluding carboxylic acids is 1. The lowest BCUT2D eigenvalue weighted by molar-refractivity contribution is -0.146. The summed E-state index contributed by atoms with van der Waals surface area (Å²) in [5, 5.41) is 8.52. The first kappa shape index (κ1) is 12.4. The first-order chi connectivity index (χ1) is 6.22. The fourth-order valence-electron chi connectivity index (χ4n) is 0.883. The Morgan fingerprint density at radius 1 is 1.46 bits per heavy atom. The summed E-state index contributed by atoms with van der Waals surface area (Å²) >= 11 is 0. The van der Waals surface area contributed by atoms with Gasteiger partial charge >= 0.3 is 5.97 Å². The average molecular weight is 189 g/mol. The van der Waals surface area contributed by atoms with E-state index in [0.717, 1.165) is 25.7 Å². The second-order valence-electron chi connectivity index (χ2n) is 3.02. The molecule has 4 heteroatoms. The molecule has 0 aliphatic heterocycles. The highest BCUT2D eigenvalue weighted by Gasteiger charge is 2.12. The standard InChI is InChI=1S/C9H19NO3/c1-2-3-4-5-6-13-9(12)8(10)7-11/h8,11H,2-7,10H2,1H3/t8-/m1/s1. The van der Waals surface area contributed by atoms with Crippen LogP contribution in [0.2, 0.25) is 0 Å². The molecular formula is C9H19NO3. The van der Waals surface area contributed by atoms with Crippen LogP contribution in [0.3, 0.4) is 0 Å². The molecule has 0 aromatic rings. The minimum Gasteiger partial charge on any atom is -0.464 e. The summed E-state index contributed by atoms with van der Waals surface area (Å²) in [6.07, 6.45) is 4.25. The molecule has 13 heavy (non-hydrogen) atoms. The summed E-state index contributed by atoms with van der Waals surface area (Å²) in [7, 11) is 0. The van der Waals surface area contributed by atoms with Crippen LogP contribution in [0.5, 0.6) is 0 Å². The van der Waals surface area contributed by atoms with Crippen molar-refractivity contribution in [3.63, 3.8) is 0 Å². The van der Waals surface area contributed by atoms with Gasteiger partial charge in [-0.15, -0.1) is 0 Å². The Hall–Kier alpha value is -0.610. The molecule has 0 aliphatic rings. The molecule has 0 saturated carbocycles. The van der Waals surface area contributed by atoms with Crippen molar-refractivity contribution in [3.05, 3.63) is 0 Å². The smallest absolute Gasteiger partial charge is 0.325 e. The van der Waals surface area contributed by atoms with E-state index in [9.17, 15) is 4.79 Å². The van der Waals surface area contributed by atoms with E-state index in [-0.39, 0.29) is 6.61 Å². The average Bonchev–Trinajstić information content (AvgIpc) is 2.16. The van der Waals surface area contributed by atoms with Gasteiger partial charge in [-0.1, -0.05) is 26.2 Å². The molecule has 1 atom stereocenters. The van der Waals surface area contributed by atoms with Crippen LogP contribution < -0.4 is 5.73 Å². The van der Waals surface area contributed by atoms with E-state index in [4.69, 9.17) is 15.6 Å². The van der Waals surface area contributed by atoms with Crippen LogP contribution in [0.25, 0.3) is 0 Å². The van der Waals surface area contributed by atoms with Gasteiger partial charge in [0, 0.05) is 0 Å². The molecule has 0 aromatic heterocycles. The third-order valence-electron chi connectivity index (χ3n) is 1.74. The lowest BCUT2D eigenvalue weighted by Gasteiger charge is -2.08. The number of hydrogen-bond acceptors (Lipinski definition) is 4. The number of aliphatic hydroxyl groups excluding tert-OH is 1. The Labute approximate surface area is 79.1 Å². The van der Waals surface area contributed by atoms with E-state index >= 15 is 0 Å². The molecule has 0 fully saturated rings. The number of esters is 1. The van der Waals surface area contributed by atoms with Crippen molar-refractivity contribution in [1.82, 2.24) is 0 Å². The second-order valence-corrected chi connectivity index (χ2v) is 3.02. The van der Waals surface area contributed by atoms with Gasteiger partial charge in [-0.3, -0.25) is 4.79 Å². The summed E-state index contributed by atoms with van der Waals surface area (Å²) in [5.41, 5.74) is 5.23. The first-order valence-corrected chi connectivity index (χ1v) is 4.75. The van der Waals surface area contributed by atoms with Gasteiger partial charge in [-0.05, 0) is 6.42 Å². The minimum absolute atomic E-state index is 0.353. The largest absolute Gasteiger partial charge is 0.464 e. The quantitative estimate of drug-likeness (QED) is 0.450. The molecule has 0 bridgehead atoms. The zero-order valence-electron chi connectivity index (χ0n) is 8.16. The fraction of sp³-hybridized carbons (Fsp3) is 0.889. The predicted molar refractivity (Wildman–Crippen MR) is 50.2 cm³/mol. The molecule has 0 amide bonds. The van der Waals surface area contributed by atoms with Gasteiger partial charge in [-0.2, -0.15) is 0 Å². The van der Waals surface area contributed by atoms with E-state index in [0.29, 0.717) is 6.61 Å².